The highest BCUT2D eigenvalue weighted by atomic mass is 16.5. The third-order valence-electron chi connectivity index (χ3n) is 0.934. The summed E-state index contributed by atoms with van der Waals surface area (Å²) in [4.78, 5) is 0. The van der Waals surface area contributed by atoms with Crippen LogP contribution in [0.25, 0.3) is 0 Å². The minimum Gasteiger partial charge on any atom is -0.497 e. The maximum Gasteiger partial charge on any atom is 0.114 e. The Morgan fingerprint density at radius 1 is 1.50 bits per heavy atom. The average molecular weight is 142 g/mol. The van der Waals surface area contributed by atoms with E-state index >= 15 is 0 Å². The predicted molar refractivity (Wildman–Crippen MR) is 46.9 cm³/mol. The van der Waals surface area contributed by atoms with E-state index in [-0.39, 0.29) is 7.43 Å². The van der Waals surface area contributed by atoms with Crippen molar-refractivity contribution in [3.63, 3.8) is 0 Å². The van der Waals surface area contributed by atoms with E-state index in [4.69, 9.17) is 4.74 Å². The molecule has 0 aliphatic carbocycles. The Balaban J connectivity index is 0. The van der Waals surface area contributed by atoms with Gasteiger partial charge in [0.15, 0.2) is 0 Å². The zero-order chi connectivity index (χ0) is 7.28. The lowest BCUT2D eigenvalue weighted by molar-refractivity contribution is 0.303. The van der Waals surface area contributed by atoms with Crippen LogP contribution in [0.2, 0.25) is 0 Å². The second-order valence-electron chi connectivity index (χ2n) is 2.22. The summed E-state index contributed by atoms with van der Waals surface area (Å²) in [6.45, 7) is 7.79. The molecule has 1 nitrogen and oxygen atoms in total. The molecule has 0 spiro atoms. The van der Waals surface area contributed by atoms with E-state index in [0.29, 0.717) is 5.92 Å². The van der Waals surface area contributed by atoms with Crippen molar-refractivity contribution in [1.82, 2.24) is 0 Å². The SMILES string of the molecule is C.C=C/C(=C\C(C)C)OC. The average Bonchev–Trinajstić information content (AvgIpc) is 1.82. The van der Waals surface area contributed by atoms with E-state index in [1.165, 1.54) is 0 Å². The molecule has 0 saturated heterocycles. The molecule has 0 amide bonds. The van der Waals surface area contributed by atoms with Gasteiger partial charge in [0.25, 0.3) is 0 Å². The largest absolute Gasteiger partial charge is 0.497 e. The summed E-state index contributed by atoms with van der Waals surface area (Å²) in [5, 5.41) is 0. The first-order valence-corrected chi connectivity index (χ1v) is 3.09. The molecule has 0 aliphatic rings. The van der Waals surface area contributed by atoms with E-state index in [9.17, 15) is 0 Å². The highest BCUT2D eigenvalue weighted by Gasteiger charge is 1.89. The molecule has 0 aromatic heterocycles. The predicted octanol–water partition coefficient (Wildman–Crippen LogP) is 2.99. The van der Waals surface area contributed by atoms with E-state index in [1.54, 1.807) is 13.2 Å². The Bertz CT molecular complexity index is 112. The van der Waals surface area contributed by atoms with Crippen LogP contribution in [0, 0.1) is 5.92 Å². The highest BCUT2D eigenvalue weighted by molar-refractivity contribution is 5.08. The summed E-state index contributed by atoms with van der Waals surface area (Å²) < 4.78 is 4.95. The molecule has 60 valence electrons. The van der Waals surface area contributed by atoms with Gasteiger partial charge in [0.1, 0.15) is 5.76 Å². The summed E-state index contributed by atoms with van der Waals surface area (Å²) in [6.07, 6.45) is 3.73. The van der Waals surface area contributed by atoms with Crippen LogP contribution in [-0.4, -0.2) is 7.11 Å². The van der Waals surface area contributed by atoms with Crippen LogP contribution in [0.3, 0.4) is 0 Å². The lowest BCUT2D eigenvalue weighted by Gasteiger charge is -2.00. The van der Waals surface area contributed by atoms with Gasteiger partial charge >= 0.3 is 0 Å². The highest BCUT2D eigenvalue weighted by Crippen LogP contribution is 2.02. The molecule has 0 aromatic rings. The standard InChI is InChI=1S/C8H14O.CH4/c1-5-8(9-4)6-7(2)3;/h5-7H,1H2,2-4H3;1H4/b8-6+;. The fraction of sp³-hybridized carbons (Fsp3) is 0.556. The lowest BCUT2D eigenvalue weighted by atomic mass is 10.2. The Morgan fingerprint density at radius 3 is 2.10 bits per heavy atom. The molecule has 0 rings (SSSR count). The molecule has 0 bridgehead atoms. The molecule has 0 aromatic carbocycles. The number of methoxy groups -OCH3 is 1. The van der Waals surface area contributed by atoms with Crippen LogP contribution in [0.4, 0.5) is 0 Å². The Hall–Kier alpha value is -0.720. The second kappa shape index (κ2) is 6.40. The minimum absolute atomic E-state index is 0. The first-order chi connectivity index (χ1) is 4.20. The molecule has 0 heterocycles. The van der Waals surface area contributed by atoms with Gasteiger partial charge < -0.3 is 4.74 Å². The smallest absolute Gasteiger partial charge is 0.114 e. The lowest BCUT2D eigenvalue weighted by Crippen LogP contribution is -1.85. The van der Waals surface area contributed by atoms with Crippen molar-refractivity contribution in [2.45, 2.75) is 21.3 Å². The van der Waals surface area contributed by atoms with Crippen LogP contribution in [-0.2, 0) is 4.74 Å². The van der Waals surface area contributed by atoms with Gasteiger partial charge in [-0.3, -0.25) is 0 Å². The van der Waals surface area contributed by atoms with Gasteiger partial charge in [-0.05, 0) is 18.1 Å². The van der Waals surface area contributed by atoms with Gasteiger partial charge in [-0.15, -0.1) is 0 Å². The zero-order valence-electron chi connectivity index (χ0n) is 6.35. The van der Waals surface area contributed by atoms with E-state index in [1.807, 2.05) is 6.08 Å². The van der Waals surface area contributed by atoms with Crippen LogP contribution >= 0.6 is 0 Å². The number of rotatable bonds is 3. The van der Waals surface area contributed by atoms with Crippen molar-refractivity contribution >= 4 is 0 Å². The number of hydrogen-bond donors (Lipinski definition) is 0. The van der Waals surface area contributed by atoms with Crippen LogP contribution in [0.5, 0.6) is 0 Å². The van der Waals surface area contributed by atoms with Crippen molar-refractivity contribution in [1.29, 1.82) is 0 Å². The summed E-state index contributed by atoms with van der Waals surface area (Å²) in [7, 11) is 1.65. The Kier molecular flexibility index (Phi) is 7.68. The molecule has 0 radical (unpaired) electrons. The first-order valence-electron chi connectivity index (χ1n) is 3.09. The van der Waals surface area contributed by atoms with Gasteiger partial charge in [0.05, 0.1) is 7.11 Å². The van der Waals surface area contributed by atoms with Gasteiger partial charge in [0, 0.05) is 0 Å². The molecule has 0 saturated carbocycles. The fourth-order valence-corrected chi connectivity index (χ4v) is 0.548. The quantitative estimate of drug-likeness (QED) is 0.435. The van der Waals surface area contributed by atoms with Gasteiger partial charge in [0.2, 0.25) is 0 Å². The summed E-state index contributed by atoms with van der Waals surface area (Å²) in [5.41, 5.74) is 0. The molecule has 0 N–H and O–H groups in total. The van der Waals surface area contributed by atoms with E-state index in [2.05, 4.69) is 20.4 Å². The summed E-state index contributed by atoms with van der Waals surface area (Å²) >= 11 is 0. The van der Waals surface area contributed by atoms with E-state index in [0.717, 1.165) is 5.76 Å². The molecule has 10 heavy (non-hydrogen) atoms. The normalized spacial score (nSPS) is 10.6. The van der Waals surface area contributed by atoms with Crippen LogP contribution in [0.1, 0.15) is 21.3 Å². The zero-order valence-corrected chi connectivity index (χ0v) is 6.35. The second-order valence-corrected chi connectivity index (χ2v) is 2.22. The molecule has 0 fully saturated rings. The fourth-order valence-electron chi connectivity index (χ4n) is 0.548. The van der Waals surface area contributed by atoms with Gasteiger partial charge in [-0.2, -0.15) is 0 Å². The van der Waals surface area contributed by atoms with E-state index < -0.39 is 0 Å². The summed E-state index contributed by atoms with van der Waals surface area (Å²) in [5.74, 6) is 1.38. The summed E-state index contributed by atoms with van der Waals surface area (Å²) in [6, 6.07) is 0. The van der Waals surface area contributed by atoms with Crippen molar-refractivity contribution < 1.29 is 4.74 Å². The molecule has 0 unspecified atom stereocenters. The minimum atomic E-state index is 0. The van der Waals surface area contributed by atoms with Crippen molar-refractivity contribution in [2.75, 3.05) is 7.11 Å². The first kappa shape index (κ1) is 12.0. The van der Waals surface area contributed by atoms with Gasteiger partial charge in [-0.1, -0.05) is 27.9 Å². The number of hydrogen-bond acceptors (Lipinski definition) is 1. The monoisotopic (exact) mass is 142 g/mol. The third-order valence-corrected chi connectivity index (χ3v) is 0.934. The maximum atomic E-state index is 4.95. The molecule has 1 heteroatoms. The number of ether oxygens (including phenoxy) is 1. The van der Waals surface area contributed by atoms with Crippen LogP contribution < -0.4 is 0 Å². The molecular weight excluding hydrogens is 124 g/mol. The molecular formula is C9H18O. The van der Waals surface area contributed by atoms with Crippen molar-refractivity contribution in [2.24, 2.45) is 5.92 Å². The van der Waals surface area contributed by atoms with Crippen molar-refractivity contribution in [3.05, 3.63) is 24.5 Å². The number of allylic oxidation sites excluding steroid dienone is 2. The molecule has 0 atom stereocenters. The molecule has 0 aliphatic heterocycles. The maximum absolute atomic E-state index is 4.95. The van der Waals surface area contributed by atoms with Gasteiger partial charge in [-0.25, -0.2) is 0 Å². The Labute approximate surface area is 64.4 Å². The Morgan fingerprint density at radius 2 is 2.00 bits per heavy atom. The van der Waals surface area contributed by atoms with Crippen LogP contribution in [0.15, 0.2) is 24.5 Å². The van der Waals surface area contributed by atoms with Crippen molar-refractivity contribution in [3.8, 4) is 0 Å². The third kappa shape index (κ3) is 5.42. The topological polar surface area (TPSA) is 9.23 Å².